The number of halogens is 2. The number of hydrogen-bond donors (Lipinski definition) is 0. The molecule has 0 fully saturated rings. The summed E-state index contributed by atoms with van der Waals surface area (Å²) in [5.41, 5.74) is 0.696. The number of anilines is 1. The van der Waals surface area contributed by atoms with Crippen molar-refractivity contribution in [3.05, 3.63) is 30.3 Å². The van der Waals surface area contributed by atoms with Gasteiger partial charge in [-0.25, -0.2) is 0 Å². The molecular weight excluding hydrogens is 291 g/mol. The van der Waals surface area contributed by atoms with Crippen LogP contribution >= 0.6 is 35.0 Å². The van der Waals surface area contributed by atoms with Crippen molar-refractivity contribution in [3.63, 3.8) is 0 Å². The first-order valence-corrected chi connectivity index (χ1v) is 6.81. The second kappa shape index (κ2) is 6.33. The molecule has 18 heavy (non-hydrogen) atoms. The minimum absolute atomic E-state index is 0.115. The lowest BCUT2D eigenvalue weighted by atomic mass is 10.2. The van der Waals surface area contributed by atoms with Gasteiger partial charge in [-0.3, -0.25) is 4.79 Å². The Labute approximate surface area is 121 Å². The molecule has 0 atom stereocenters. The summed E-state index contributed by atoms with van der Waals surface area (Å²) < 4.78 is -1.80. The third-order valence-corrected chi connectivity index (χ3v) is 3.50. The van der Waals surface area contributed by atoms with Crippen LogP contribution in [0.1, 0.15) is 13.8 Å². The van der Waals surface area contributed by atoms with Crippen molar-refractivity contribution < 1.29 is 4.79 Å². The summed E-state index contributed by atoms with van der Waals surface area (Å²) in [4.78, 5) is 13.8. The van der Waals surface area contributed by atoms with Gasteiger partial charge in [0.25, 0.3) is 9.57 Å². The molecule has 0 heterocycles. The molecule has 0 aliphatic carbocycles. The molecular formula is C12H12Cl2N2OS. The lowest BCUT2D eigenvalue weighted by Crippen LogP contribution is -2.44. The van der Waals surface area contributed by atoms with Gasteiger partial charge in [0.1, 0.15) is 5.40 Å². The Morgan fingerprint density at radius 1 is 1.39 bits per heavy atom. The lowest BCUT2D eigenvalue weighted by Gasteiger charge is -2.30. The molecule has 1 aromatic carbocycles. The largest absolute Gasteiger partial charge is 0.307 e. The van der Waals surface area contributed by atoms with E-state index in [0.29, 0.717) is 17.4 Å². The van der Waals surface area contributed by atoms with Crippen LogP contribution in [0.3, 0.4) is 0 Å². The number of para-hydroxylation sites is 1. The number of nitriles is 1. The molecule has 0 saturated heterocycles. The van der Waals surface area contributed by atoms with Crippen LogP contribution in [0.2, 0.25) is 0 Å². The number of amides is 1. The predicted molar refractivity (Wildman–Crippen MR) is 76.7 cm³/mol. The molecule has 0 aromatic heterocycles. The Morgan fingerprint density at radius 2 is 1.94 bits per heavy atom. The third-order valence-electron chi connectivity index (χ3n) is 2.19. The first-order chi connectivity index (χ1) is 8.40. The Morgan fingerprint density at radius 3 is 2.39 bits per heavy atom. The Kier molecular flexibility index (Phi) is 5.33. The van der Waals surface area contributed by atoms with Crippen LogP contribution in [-0.4, -0.2) is 15.6 Å². The van der Waals surface area contributed by atoms with Crippen LogP contribution in [0.25, 0.3) is 0 Å². The maximum absolute atomic E-state index is 12.3. The number of benzene rings is 1. The quantitative estimate of drug-likeness (QED) is 0.628. The van der Waals surface area contributed by atoms with Crippen molar-refractivity contribution in [2.24, 2.45) is 0 Å². The van der Waals surface area contributed by atoms with Crippen molar-refractivity contribution in [2.75, 3.05) is 4.90 Å². The summed E-state index contributed by atoms with van der Waals surface area (Å²) in [6.07, 6.45) is 0. The number of hydrogen-bond acceptors (Lipinski definition) is 3. The summed E-state index contributed by atoms with van der Waals surface area (Å²) in [7, 11) is 0. The third kappa shape index (κ3) is 3.55. The van der Waals surface area contributed by atoms with Crippen molar-refractivity contribution >= 4 is 46.6 Å². The van der Waals surface area contributed by atoms with Gasteiger partial charge in [0.15, 0.2) is 0 Å². The van der Waals surface area contributed by atoms with Crippen LogP contribution in [0.5, 0.6) is 0 Å². The Balaban J connectivity index is 3.09. The van der Waals surface area contributed by atoms with E-state index >= 15 is 0 Å². The molecule has 0 saturated carbocycles. The number of nitrogens with zero attached hydrogens (tertiary/aromatic N) is 2. The summed E-state index contributed by atoms with van der Waals surface area (Å²) in [5, 5.41) is 10.4. The van der Waals surface area contributed by atoms with Crippen LogP contribution in [0, 0.1) is 10.7 Å². The van der Waals surface area contributed by atoms with E-state index in [-0.39, 0.29) is 6.04 Å². The fourth-order valence-corrected chi connectivity index (χ4v) is 2.17. The minimum atomic E-state index is -1.80. The van der Waals surface area contributed by atoms with Gasteiger partial charge < -0.3 is 4.90 Å². The molecule has 1 rings (SSSR count). The van der Waals surface area contributed by atoms with Crippen LogP contribution in [0.4, 0.5) is 5.69 Å². The van der Waals surface area contributed by atoms with Crippen molar-refractivity contribution in [3.8, 4) is 5.40 Å². The van der Waals surface area contributed by atoms with Gasteiger partial charge in [-0.05, 0) is 26.0 Å². The van der Waals surface area contributed by atoms with Crippen molar-refractivity contribution in [1.29, 1.82) is 5.26 Å². The first kappa shape index (κ1) is 15.2. The number of carbonyl (C=O) groups is 1. The number of alkyl halides is 2. The number of thioether (sulfide) groups is 1. The summed E-state index contributed by atoms with van der Waals surface area (Å²) in [6.45, 7) is 3.71. The number of thiocyanates is 1. The monoisotopic (exact) mass is 302 g/mol. The van der Waals surface area contributed by atoms with Crippen LogP contribution in [-0.2, 0) is 4.79 Å². The average molecular weight is 303 g/mol. The molecule has 6 heteroatoms. The molecule has 0 N–H and O–H groups in total. The Bertz CT molecular complexity index is 457. The first-order valence-electron chi connectivity index (χ1n) is 5.23. The van der Waals surface area contributed by atoms with E-state index in [1.807, 2.05) is 32.0 Å². The van der Waals surface area contributed by atoms with Gasteiger partial charge in [0.05, 0.1) is 0 Å². The highest BCUT2D eigenvalue weighted by molar-refractivity contribution is 8.08. The summed E-state index contributed by atoms with van der Waals surface area (Å²) >= 11 is 12.3. The molecule has 96 valence electrons. The zero-order valence-electron chi connectivity index (χ0n) is 9.93. The molecule has 3 nitrogen and oxygen atoms in total. The zero-order valence-corrected chi connectivity index (χ0v) is 12.3. The topological polar surface area (TPSA) is 44.1 Å². The zero-order chi connectivity index (χ0) is 13.8. The molecule has 0 aliphatic heterocycles. The second-order valence-corrected chi connectivity index (χ2v) is 6.59. The average Bonchev–Trinajstić information content (AvgIpc) is 2.30. The molecule has 0 radical (unpaired) electrons. The fourth-order valence-electron chi connectivity index (χ4n) is 1.48. The molecule has 0 bridgehead atoms. The van der Waals surface area contributed by atoms with E-state index in [4.69, 9.17) is 28.5 Å². The fraction of sp³-hybridized carbons (Fsp3) is 0.333. The van der Waals surface area contributed by atoms with Crippen molar-refractivity contribution in [1.82, 2.24) is 0 Å². The molecule has 1 aromatic rings. The standard InChI is InChI=1S/C12H12Cl2N2OS/c1-9(2)16(10-6-4-3-5-7-10)11(17)12(13,14)18-8-15/h3-7,9H,1-2H3. The lowest BCUT2D eigenvalue weighted by molar-refractivity contribution is -0.117. The predicted octanol–water partition coefficient (Wildman–Crippen LogP) is 3.77. The number of carbonyl (C=O) groups excluding carboxylic acids is 1. The number of rotatable bonds is 4. The summed E-state index contributed by atoms with van der Waals surface area (Å²) in [5.74, 6) is -0.515. The highest BCUT2D eigenvalue weighted by Crippen LogP contribution is 2.37. The highest BCUT2D eigenvalue weighted by Gasteiger charge is 2.40. The van der Waals surface area contributed by atoms with Crippen LogP contribution < -0.4 is 4.90 Å². The highest BCUT2D eigenvalue weighted by atomic mass is 35.5. The van der Waals surface area contributed by atoms with Gasteiger partial charge in [-0.1, -0.05) is 41.4 Å². The van der Waals surface area contributed by atoms with E-state index < -0.39 is 9.57 Å². The van der Waals surface area contributed by atoms with Gasteiger partial charge in [-0.15, -0.1) is 0 Å². The molecule has 0 spiro atoms. The molecule has 1 amide bonds. The SMILES string of the molecule is CC(C)N(C(=O)C(Cl)(Cl)SC#N)c1ccccc1. The molecule has 0 unspecified atom stereocenters. The van der Waals surface area contributed by atoms with E-state index in [0.717, 1.165) is 0 Å². The Hall–Kier alpha value is -0.890. The van der Waals surface area contributed by atoms with Crippen molar-refractivity contribution in [2.45, 2.75) is 23.6 Å². The van der Waals surface area contributed by atoms with Gasteiger partial charge in [0.2, 0.25) is 0 Å². The van der Waals surface area contributed by atoms with Crippen LogP contribution in [0.15, 0.2) is 30.3 Å². The maximum atomic E-state index is 12.3. The second-order valence-electron chi connectivity index (χ2n) is 3.81. The van der Waals surface area contributed by atoms with Gasteiger partial charge >= 0.3 is 0 Å². The van der Waals surface area contributed by atoms with E-state index in [9.17, 15) is 4.79 Å². The van der Waals surface area contributed by atoms with E-state index in [1.54, 1.807) is 17.5 Å². The van der Waals surface area contributed by atoms with Gasteiger partial charge in [-0.2, -0.15) is 5.26 Å². The summed E-state index contributed by atoms with van der Waals surface area (Å²) in [6, 6.07) is 8.96. The van der Waals surface area contributed by atoms with E-state index in [2.05, 4.69) is 0 Å². The smallest absolute Gasteiger partial charge is 0.275 e. The van der Waals surface area contributed by atoms with E-state index in [1.165, 1.54) is 4.90 Å². The normalized spacial score (nSPS) is 11.1. The maximum Gasteiger partial charge on any atom is 0.275 e. The van der Waals surface area contributed by atoms with Gasteiger partial charge in [0, 0.05) is 23.5 Å². The molecule has 0 aliphatic rings. The minimum Gasteiger partial charge on any atom is -0.307 e.